The minimum atomic E-state index is -0.0302. The SMILES string of the molecule is OCCOc1n[nH]c2nccc(N3CCNCC3)c12. The lowest BCUT2D eigenvalue weighted by Crippen LogP contribution is -2.43. The smallest absolute Gasteiger partial charge is 0.244 e. The molecule has 7 nitrogen and oxygen atoms in total. The Labute approximate surface area is 110 Å². The van der Waals surface area contributed by atoms with Gasteiger partial charge in [0, 0.05) is 32.4 Å². The molecule has 0 aromatic carbocycles. The molecule has 1 aliphatic heterocycles. The van der Waals surface area contributed by atoms with Crippen molar-refractivity contribution < 1.29 is 9.84 Å². The van der Waals surface area contributed by atoms with E-state index in [4.69, 9.17) is 9.84 Å². The van der Waals surface area contributed by atoms with Gasteiger partial charge in [-0.3, -0.25) is 5.10 Å². The minimum absolute atomic E-state index is 0.0302. The molecule has 0 amide bonds. The maximum Gasteiger partial charge on any atom is 0.244 e. The Morgan fingerprint density at radius 1 is 1.37 bits per heavy atom. The van der Waals surface area contributed by atoms with Crippen molar-refractivity contribution in [2.45, 2.75) is 0 Å². The van der Waals surface area contributed by atoms with Gasteiger partial charge in [0.15, 0.2) is 5.65 Å². The van der Waals surface area contributed by atoms with E-state index in [1.165, 1.54) is 0 Å². The second-order valence-electron chi connectivity index (χ2n) is 4.39. The molecule has 0 spiro atoms. The molecule has 3 N–H and O–H groups in total. The zero-order valence-corrected chi connectivity index (χ0v) is 10.6. The topological polar surface area (TPSA) is 86.3 Å². The van der Waals surface area contributed by atoms with Crippen LogP contribution in [0.15, 0.2) is 12.3 Å². The van der Waals surface area contributed by atoms with Gasteiger partial charge in [0.1, 0.15) is 12.0 Å². The van der Waals surface area contributed by atoms with E-state index in [0.29, 0.717) is 11.5 Å². The summed E-state index contributed by atoms with van der Waals surface area (Å²) in [5.41, 5.74) is 1.79. The summed E-state index contributed by atoms with van der Waals surface area (Å²) in [7, 11) is 0. The van der Waals surface area contributed by atoms with Crippen LogP contribution in [0.25, 0.3) is 11.0 Å². The number of anilines is 1. The summed E-state index contributed by atoms with van der Waals surface area (Å²) < 4.78 is 5.47. The summed E-state index contributed by atoms with van der Waals surface area (Å²) in [5.74, 6) is 0.505. The third-order valence-electron chi connectivity index (χ3n) is 3.19. The van der Waals surface area contributed by atoms with Gasteiger partial charge in [0.2, 0.25) is 5.88 Å². The monoisotopic (exact) mass is 263 g/mol. The first kappa shape index (κ1) is 12.2. The molecule has 0 unspecified atom stereocenters. The summed E-state index contributed by atoms with van der Waals surface area (Å²) in [6.45, 7) is 4.03. The number of aliphatic hydroxyl groups is 1. The third-order valence-corrected chi connectivity index (χ3v) is 3.19. The van der Waals surface area contributed by atoms with Gasteiger partial charge in [0.05, 0.1) is 12.3 Å². The minimum Gasteiger partial charge on any atom is -0.474 e. The van der Waals surface area contributed by atoms with Crippen molar-refractivity contribution in [1.29, 1.82) is 0 Å². The van der Waals surface area contributed by atoms with Crippen LogP contribution in [0.5, 0.6) is 5.88 Å². The second kappa shape index (κ2) is 5.41. The number of H-pyrrole nitrogens is 1. The number of piperazine rings is 1. The molecule has 0 radical (unpaired) electrons. The number of rotatable bonds is 4. The molecule has 1 aliphatic rings. The Balaban J connectivity index is 1.99. The maximum absolute atomic E-state index is 8.86. The summed E-state index contributed by atoms with van der Waals surface area (Å²) in [4.78, 5) is 6.56. The van der Waals surface area contributed by atoms with E-state index >= 15 is 0 Å². The number of aromatic nitrogens is 3. The van der Waals surface area contributed by atoms with E-state index in [1.807, 2.05) is 6.07 Å². The van der Waals surface area contributed by atoms with Gasteiger partial charge in [-0.15, -0.1) is 5.10 Å². The molecular weight excluding hydrogens is 246 g/mol. The van der Waals surface area contributed by atoms with Gasteiger partial charge in [-0.2, -0.15) is 0 Å². The number of pyridine rings is 1. The first-order valence-electron chi connectivity index (χ1n) is 6.42. The standard InChI is InChI=1S/C12H17N5O2/c18-7-8-19-12-10-9(17-5-3-13-4-6-17)1-2-14-11(10)15-16-12/h1-2,13,18H,3-8H2,(H,14,15,16). The predicted octanol–water partition coefficient (Wildman–Crippen LogP) is -0.261. The third kappa shape index (κ3) is 2.34. The van der Waals surface area contributed by atoms with Gasteiger partial charge in [-0.05, 0) is 6.07 Å². The zero-order valence-electron chi connectivity index (χ0n) is 10.6. The lowest BCUT2D eigenvalue weighted by molar-refractivity contribution is 0.198. The van der Waals surface area contributed by atoms with Crippen molar-refractivity contribution in [2.24, 2.45) is 0 Å². The molecule has 7 heteroatoms. The first-order valence-corrected chi connectivity index (χ1v) is 6.42. The molecule has 0 aliphatic carbocycles. The molecule has 2 aromatic heterocycles. The normalized spacial score (nSPS) is 15.9. The van der Waals surface area contributed by atoms with Crippen molar-refractivity contribution in [3.8, 4) is 5.88 Å². The Morgan fingerprint density at radius 3 is 3.00 bits per heavy atom. The van der Waals surface area contributed by atoms with E-state index in [1.54, 1.807) is 6.20 Å². The lowest BCUT2D eigenvalue weighted by Gasteiger charge is -2.29. The van der Waals surface area contributed by atoms with Crippen molar-refractivity contribution in [1.82, 2.24) is 20.5 Å². The molecule has 3 heterocycles. The highest BCUT2D eigenvalue weighted by molar-refractivity contribution is 5.93. The van der Waals surface area contributed by atoms with Crippen LogP contribution in [0.2, 0.25) is 0 Å². The van der Waals surface area contributed by atoms with Crippen LogP contribution in [-0.4, -0.2) is 59.7 Å². The molecule has 0 saturated carbocycles. The predicted molar refractivity (Wildman–Crippen MR) is 71.6 cm³/mol. The van der Waals surface area contributed by atoms with Crippen LogP contribution in [0, 0.1) is 0 Å². The highest BCUT2D eigenvalue weighted by Gasteiger charge is 2.18. The zero-order chi connectivity index (χ0) is 13.1. The first-order chi connectivity index (χ1) is 9.40. The van der Waals surface area contributed by atoms with E-state index in [-0.39, 0.29) is 13.2 Å². The number of nitrogens with zero attached hydrogens (tertiary/aromatic N) is 3. The van der Waals surface area contributed by atoms with Gasteiger partial charge in [0.25, 0.3) is 0 Å². The molecule has 3 rings (SSSR count). The van der Waals surface area contributed by atoms with Crippen LogP contribution in [0.1, 0.15) is 0 Å². The van der Waals surface area contributed by atoms with Gasteiger partial charge >= 0.3 is 0 Å². The van der Waals surface area contributed by atoms with Crippen LogP contribution in [0.4, 0.5) is 5.69 Å². The lowest BCUT2D eigenvalue weighted by atomic mass is 10.2. The van der Waals surface area contributed by atoms with Crippen LogP contribution in [-0.2, 0) is 0 Å². The molecule has 1 saturated heterocycles. The summed E-state index contributed by atoms with van der Waals surface area (Å²) >= 11 is 0. The fourth-order valence-electron chi connectivity index (χ4n) is 2.32. The van der Waals surface area contributed by atoms with Crippen molar-refractivity contribution in [3.05, 3.63) is 12.3 Å². The quantitative estimate of drug-likeness (QED) is 0.704. The molecule has 2 aromatic rings. The van der Waals surface area contributed by atoms with Crippen molar-refractivity contribution >= 4 is 16.7 Å². The van der Waals surface area contributed by atoms with E-state index < -0.39 is 0 Å². The highest BCUT2D eigenvalue weighted by atomic mass is 16.5. The number of hydrogen-bond acceptors (Lipinski definition) is 6. The Kier molecular flexibility index (Phi) is 3.47. The number of aliphatic hydroxyl groups excluding tert-OH is 1. The number of fused-ring (bicyclic) bond motifs is 1. The van der Waals surface area contributed by atoms with E-state index in [9.17, 15) is 0 Å². The van der Waals surface area contributed by atoms with Crippen molar-refractivity contribution in [3.63, 3.8) is 0 Å². The number of hydrogen-bond donors (Lipinski definition) is 3. The average molecular weight is 263 g/mol. The average Bonchev–Trinajstić information content (AvgIpc) is 2.89. The van der Waals surface area contributed by atoms with Crippen molar-refractivity contribution in [2.75, 3.05) is 44.3 Å². The summed E-state index contributed by atoms with van der Waals surface area (Å²) in [6.07, 6.45) is 1.77. The summed E-state index contributed by atoms with van der Waals surface area (Å²) in [6, 6.07) is 1.98. The summed E-state index contributed by atoms with van der Waals surface area (Å²) in [5, 5.41) is 20.1. The molecular formula is C12H17N5O2. The van der Waals surface area contributed by atoms with Gasteiger partial charge < -0.3 is 20.1 Å². The Hall–Kier alpha value is -1.86. The second-order valence-corrected chi connectivity index (χ2v) is 4.39. The Bertz CT molecular complexity index is 550. The number of aromatic amines is 1. The fraction of sp³-hybridized carbons (Fsp3) is 0.500. The molecule has 102 valence electrons. The van der Waals surface area contributed by atoms with Gasteiger partial charge in [-0.1, -0.05) is 0 Å². The van der Waals surface area contributed by atoms with Crippen LogP contribution < -0.4 is 15.0 Å². The van der Waals surface area contributed by atoms with E-state index in [2.05, 4.69) is 25.4 Å². The molecule has 1 fully saturated rings. The van der Waals surface area contributed by atoms with Gasteiger partial charge in [-0.25, -0.2) is 4.98 Å². The highest BCUT2D eigenvalue weighted by Crippen LogP contribution is 2.31. The molecule has 19 heavy (non-hydrogen) atoms. The van der Waals surface area contributed by atoms with Crippen LogP contribution in [0.3, 0.4) is 0 Å². The fourth-order valence-corrected chi connectivity index (χ4v) is 2.32. The van der Waals surface area contributed by atoms with E-state index in [0.717, 1.165) is 37.3 Å². The molecule has 0 atom stereocenters. The number of ether oxygens (including phenoxy) is 1. The molecule has 0 bridgehead atoms. The largest absolute Gasteiger partial charge is 0.474 e. The van der Waals surface area contributed by atoms with Crippen LogP contribution >= 0.6 is 0 Å². The Morgan fingerprint density at radius 2 is 2.21 bits per heavy atom. The maximum atomic E-state index is 8.86. The number of nitrogens with one attached hydrogen (secondary N) is 2.